The lowest BCUT2D eigenvalue weighted by Crippen LogP contribution is -2.41. The van der Waals surface area contributed by atoms with Crippen molar-refractivity contribution in [1.82, 2.24) is 15.1 Å². The number of rotatable bonds is 3. The SMILES string of the molecule is CCC1CCC(N)(c2noc(-c3c[nH]ccc3=O)n2)CC1. The van der Waals surface area contributed by atoms with Crippen molar-refractivity contribution in [3.05, 3.63) is 34.5 Å². The maximum Gasteiger partial charge on any atom is 0.263 e. The van der Waals surface area contributed by atoms with Crippen molar-refractivity contribution in [2.75, 3.05) is 0 Å². The summed E-state index contributed by atoms with van der Waals surface area (Å²) in [5.41, 5.74) is 6.15. The minimum Gasteiger partial charge on any atom is -0.367 e. The quantitative estimate of drug-likeness (QED) is 0.902. The molecule has 2 aromatic heterocycles. The zero-order valence-corrected chi connectivity index (χ0v) is 12.1. The first-order valence-electron chi connectivity index (χ1n) is 7.43. The van der Waals surface area contributed by atoms with E-state index in [-0.39, 0.29) is 11.3 Å². The van der Waals surface area contributed by atoms with Gasteiger partial charge in [0.25, 0.3) is 5.89 Å². The first-order valence-corrected chi connectivity index (χ1v) is 7.43. The van der Waals surface area contributed by atoms with Crippen LogP contribution < -0.4 is 11.2 Å². The molecule has 0 spiro atoms. The van der Waals surface area contributed by atoms with Gasteiger partial charge < -0.3 is 15.2 Å². The molecular weight excluding hydrogens is 268 g/mol. The second-order valence-corrected chi connectivity index (χ2v) is 5.85. The number of aromatic amines is 1. The number of hydrogen-bond donors (Lipinski definition) is 2. The van der Waals surface area contributed by atoms with Gasteiger partial charge >= 0.3 is 0 Å². The summed E-state index contributed by atoms with van der Waals surface area (Å²) in [7, 11) is 0. The van der Waals surface area contributed by atoms with E-state index < -0.39 is 5.54 Å². The molecule has 1 aliphatic carbocycles. The molecular formula is C15H20N4O2. The fraction of sp³-hybridized carbons (Fsp3) is 0.533. The first-order chi connectivity index (χ1) is 10.1. The molecule has 21 heavy (non-hydrogen) atoms. The van der Waals surface area contributed by atoms with Crippen LogP contribution in [0, 0.1) is 5.92 Å². The number of aromatic nitrogens is 3. The van der Waals surface area contributed by atoms with Gasteiger partial charge in [-0.15, -0.1) is 0 Å². The van der Waals surface area contributed by atoms with Crippen LogP contribution in [0.25, 0.3) is 11.5 Å². The normalized spacial score (nSPS) is 25.9. The Balaban J connectivity index is 1.86. The fourth-order valence-corrected chi connectivity index (χ4v) is 2.94. The molecule has 112 valence electrons. The van der Waals surface area contributed by atoms with Gasteiger partial charge in [0.2, 0.25) is 0 Å². The number of H-pyrrole nitrogens is 1. The second-order valence-electron chi connectivity index (χ2n) is 5.85. The van der Waals surface area contributed by atoms with Gasteiger partial charge in [-0.1, -0.05) is 18.5 Å². The standard InChI is InChI=1S/C15H20N4O2/c1-2-10-3-6-15(16,7-4-10)14-18-13(21-19-14)11-9-17-8-5-12(11)20/h5,8-10H,2-4,6-7,16H2,1H3,(H,17,20). The van der Waals surface area contributed by atoms with Gasteiger partial charge in [-0.05, 0) is 31.6 Å². The molecule has 0 radical (unpaired) electrons. The van der Waals surface area contributed by atoms with E-state index in [0.717, 1.165) is 31.6 Å². The molecule has 0 bridgehead atoms. The summed E-state index contributed by atoms with van der Waals surface area (Å²) in [4.78, 5) is 19.0. The molecule has 0 saturated heterocycles. The van der Waals surface area contributed by atoms with Crippen molar-refractivity contribution >= 4 is 0 Å². The Hall–Kier alpha value is -1.95. The monoisotopic (exact) mass is 288 g/mol. The van der Waals surface area contributed by atoms with Crippen LogP contribution in [0.5, 0.6) is 0 Å². The lowest BCUT2D eigenvalue weighted by Gasteiger charge is -2.34. The molecule has 1 aliphatic rings. The topological polar surface area (TPSA) is 97.8 Å². The van der Waals surface area contributed by atoms with Gasteiger partial charge in [-0.2, -0.15) is 4.98 Å². The molecule has 0 aromatic carbocycles. The highest BCUT2D eigenvalue weighted by molar-refractivity contribution is 5.50. The maximum atomic E-state index is 11.8. The van der Waals surface area contributed by atoms with E-state index in [4.69, 9.17) is 10.3 Å². The summed E-state index contributed by atoms with van der Waals surface area (Å²) in [6, 6.07) is 1.43. The second kappa shape index (κ2) is 5.44. The summed E-state index contributed by atoms with van der Waals surface area (Å²) in [6.45, 7) is 2.21. The number of pyridine rings is 1. The van der Waals surface area contributed by atoms with Crippen molar-refractivity contribution in [1.29, 1.82) is 0 Å². The van der Waals surface area contributed by atoms with E-state index in [0.29, 0.717) is 11.4 Å². The van der Waals surface area contributed by atoms with Crippen molar-refractivity contribution in [2.24, 2.45) is 11.7 Å². The Labute approximate surface area is 122 Å². The minimum absolute atomic E-state index is 0.148. The third-order valence-electron chi connectivity index (χ3n) is 4.50. The molecule has 3 N–H and O–H groups in total. The molecule has 6 nitrogen and oxygen atoms in total. The highest BCUT2D eigenvalue weighted by atomic mass is 16.5. The number of nitrogens with zero attached hydrogens (tertiary/aromatic N) is 2. The first kappa shape index (κ1) is 14.0. The Bertz CT molecular complexity index is 668. The molecule has 3 rings (SSSR count). The Morgan fingerprint density at radius 3 is 2.90 bits per heavy atom. The molecule has 0 unspecified atom stereocenters. The van der Waals surface area contributed by atoms with E-state index in [1.54, 1.807) is 12.4 Å². The molecule has 2 heterocycles. The van der Waals surface area contributed by atoms with E-state index in [2.05, 4.69) is 22.0 Å². The lowest BCUT2D eigenvalue weighted by molar-refractivity contribution is 0.216. The van der Waals surface area contributed by atoms with Crippen LogP contribution in [0.4, 0.5) is 0 Å². The summed E-state index contributed by atoms with van der Waals surface area (Å²) in [5.74, 6) is 1.48. The highest BCUT2D eigenvalue weighted by Crippen LogP contribution is 2.37. The Kier molecular flexibility index (Phi) is 3.63. The van der Waals surface area contributed by atoms with Crippen LogP contribution in [0.3, 0.4) is 0 Å². The highest BCUT2D eigenvalue weighted by Gasteiger charge is 2.37. The zero-order chi connectivity index (χ0) is 14.9. The predicted molar refractivity (Wildman–Crippen MR) is 78.5 cm³/mol. The summed E-state index contributed by atoms with van der Waals surface area (Å²) < 4.78 is 5.24. The van der Waals surface area contributed by atoms with Gasteiger partial charge in [0.05, 0.1) is 5.54 Å². The van der Waals surface area contributed by atoms with Gasteiger partial charge in [0, 0.05) is 18.5 Å². The van der Waals surface area contributed by atoms with Crippen LogP contribution in [-0.2, 0) is 5.54 Å². The summed E-state index contributed by atoms with van der Waals surface area (Å²) in [5, 5.41) is 4.02. The van der Waals surface area contributed by atoms with Crippen LogP contribution >= 0.6 is 0 Å². The van der Waals surface area contributed by atoms with Crippen LogP contribution in [0.2, 0.25) is 0 Å². The fourth-order valence-electron chi connectivity index (χ4n) is 2.94. The van der Waals surface area contributed by atoms with Crippen LogP contribution in [0.1, 0.15) is 44.9 Å². The van der Waals surface area contributed by atoms with E-state index in [1.807, 2.05) is 0 Å². The summed E-state index contributed by atoms with van der Waals surface area (Å²) in [6.07, 6.45) is 8.21. The molecule has 0 amide bonds. The minimum atomic E-state index is -0.533. The van der Waals surface area contributed by atoms with Gasteiger partial charge in [0.1, 0.15) is 5.56 Å². The van der Waals surface area contributed by atoms with Gasteiger partial charge in [-0.3, -0.25) is 4.79 Å². The van der Waals surface area contributed by atoms with Crippen molar-refractivity contribution in [2.45, 2.75) is 44.6 Å². The van der Waals surface area contributed by atoms with Gasteiger partial charge in [0.15, 0.2) is 11.3 Å². The lowest BCUT2D eigenvalue weighted by atomic mass is 9.76. The number of hydrogen-bond acceptors (Lipinski definition) is 5. The van der Waals surface area contributed by atoms with Crippen LogP contribution in [0.15, 0.2) is 27.8 Å². The predicted octanol–water partition coefficient (Wildman–Crippen LogP) is 2.18. The molecule has 1 fully saturated rings. The summed E-state index contributed by atoms with van der Waals surface area (Å²) >= 11 is 0. The smallest absolute Gasteiger partial charge is 0.263 e. The van der Waals surface area contributed by atoms with Crippen molar-refractivity contribution < 1.29 is 4.52 Å². The largest absolute Gasteiger partial charge is 0.367 e. The number of nitrogens with one attached hydrogen (secondary N) is 1. The van der Waals surface area contributed by atoms with Gasteiger partial charge in [-0.25, -0.2) is 0 Å². The Morgan fingerprint density at radius 2 is 2.24 bits per heavy atom. The maximum absolute atomic E-state index is 11.8. The third-order valence-corrected chi connectivity index (χ3v) is 4.50. The molecule has 2 aromatic rings. The average Bonchev–Trinajstić information content (AvgIpc) is 2.99. The van der Waals surface area contributed by atoms with Crippen molar-refractivity contribution in [3.63, 3.8) is 0 Å². The zero-order valence-electron chi connectivity index (χ0n) is 12.1. The number of nitrogens with two attached hydrogens (primary N) is 1. The molecule has 6 heteroatoms. The Morgan fingerprint density at radius 1 is 1.48 bits per heavy atom. The van der Waals surface area contributed by atoms with E-state index in [9.17, 15) is 4.79 Å². The average molecular weight is 288 g/mol. The van der Waals surface area contributed by atoms with E-state index in [1.165, 1.54) is 12.5 Å². The van der Waals surface area contributed by atoms with Crippen molar-refractivity contribution in [3.8, 4) is 11.5 Å². The molecule has 1 saturated carbocycles. The van der Waals surface area contributed by atoms with Crippen LogP contribution in [-0.4, -0.2) is 15.1 Å². The molecule has 0 atom stereocenters. The third kappa shape index (κ3) is 2.63. The molecule has 0 aliphatic heterocycles. The van der Waals surface area contributed by atoms with E-state index >= 15 is 0 Å².